The summed E-state index contributed by atoms with van der Waals surface area (Å²) >= 11 is 0. The normalized spacial score (nSPS) is 14.5. The van der Waals surface area contributed by atoms with Crippen molar-refractivity contribution in [2.24, 2.45) is 11.8 Å². The van der Waals surface area contributed by atoms with Gasteiger partial charge in [-0.1, -0.05) is 86.5 Å². The molecule has 0 aromatic carbocycles. The molecule has 26 heavy (non-hydrogen) atoms. The van der Waals surface area contributed by atoms with Crippen LogP contribution in [-0.2, 0) is 14.2 Å². The van der Waals surface area contributed by atoms with Gasteiger partial charge in [-0.15, -0.1) is 0 Å². The van der Waals surface area contributed by atoms with Crippen molar-refractivity contribution in [2.75, 3.05) is 19.8 Å². The molecule has 0 saturated carbocycles. The molecular weight excluding hydrogens is 324 g/mol. The first-order valence-electron chi connectivity index (χ1n) is 11.5. The Labute approximate surface area is 164 Å². The second-order valence-corrected chi connectivity index (χ2v) is 7.70. The van der Waals surface area contributed by atoms with Crippen LogP contribution in [0.2, 0.25) is 0 Å². The molecule has 0 aliphatic heterocycles. The van der Waals surface area contributed by atoms with Crippen LogP contribution in [-0.4, -0.2) is 25.8 Å². The van der Waals surface area contributed by atoms with Gasteiger partial charge in [0.2, 0.25) is 0 Å². The Kier molecular flexibility index (Phi) is 16.9. The Hall–Kier alpha value is -0.120. The zero-order valence-corrected chi connectivity index (χ0v) is 18.8. The van der Waals surface area contributed by atoms with Crippen molar-refractivity contribution >= 4 is 0 Å². The third kappa shape index (κ3) is 10.3. The van der Waals surface area contributed by atoms with Crippen molar-refractivity contribution in [3.05, 3.63) is 0 Å². The lowest BCUT2D eigenvalue weighted by Crippen LogP contribution is -2.49. The topological polar surface area (TPSA) is 27.7 Å². The van der Waals surface area contributed by atoms with Crippen molar-refractivity contribution < 1.29 is 14.2 Å². The third-order valence-corrected chi connectivity index (χ3v) is 5.18. The van der Waals surface area contributed by atoms with E-state index in [1.807, 2.05) is 0 Å². The maximum Gasteiger partial charge on any atom is 0.286 e. The van der Waals surface area contributed by atoms with Crippen LogP contribution in [0.4, 0.5) is 0 Å². The lowest BCUT2D eigenvalue weighted by molar-refractivity contribution is -0.411. The van der Waals surface area contributed by atoms with Gasteiger partial charge < -0.3 is 14.2 Å². The first-order valence-corrected chi connectivity index (χ1v) is 11.5. The van der Waals surface area contributed by atoms with Crippen LogP contribution in [0.3, 0.4) is 0 Å². The van der Waals surface area contributed by atoms with Crippen molar-refractivity contribution in [1.29, 1.82) is 0 Å². The number of unbranched alkanes of at least 4 members (excludes halogenated alkanes) is 5. The van der Waals surface area contributed by atoms with Crippen LogP contribution in [0, 0.1) is 11.8 Å². The second-order valence-electron chi connectivity index (χ2n) is 7.70. The molecule has 0 saturated heterocycles. The first kappa shape index (κ1) is 25.9. The maximum atomic E-state index is 6.32. The van der Waals surface area contributed by atoms with Gasteiger partial charge in [-0.25, -0.2) is 0 Å². The van der Waals surface area contributed by atoms with Crippen molar-refractivity contribution in [1.82, 2.24) is 0 Å². The molecule has 0 amide bonds. The molecule has 0 N–H and O–H groups in total. The lowest BCUT2D eigenvalue weighted by atomic mass is 9.84. The van der Waals surface area contributed by atoms with E-state index in [9.17, 15) is 0 Å². The molecule has 3 heteroatoms. The summed E-state index contributed by atoms with van der Waals surface area (Å²) in [6.45, 7) is 15.4. The third-order valence-electron chi connectivity index (χ3n) is 5.18. The molecule has 0 aromatic rings. The number of hydrogen-bond donors (Lipinski definition) is 0. The molecule has 0 aliphatic rings. The van der Waals surface area contributed by atoms with Gasteiger partial charge in [-0.2, -0.15) is 0 Å². The number of ether oxygens (including phenoxy) is 3. The van der Waals surface area contributed by atoms with E-state index in [2.05, 4.69) is 41.5 Å². The highest BCUT2D eigenvalue weighted by Crippen LogP contribution is 2.37. The minimum Gasteiger partial charge on any atom is -0.327 e. The minimum absolute atomic E-state index is 0.295. The minimum atomic E-state index is -0.860. The van der Waals surface area contributed by atoms with Gasteiger partial charge in [0, 0.05) is 5.92 Å². The largest absolute Gasteiger partial charge is 0.327 e. The average molecular weight is 373 g/mol. The van der Waals surface area contributed by atoms with Gasteiger partial charge in [0.15, 0.2) is 0 Å². The van der Waals surface area contributed by atoms with Crippen LogP contribution in [0.15, 0.2) is 0 Å². The number of hydrogen-bond acceptors (Lipinski definition) is 3. The fourth-order valence-electron chi connectivity index (χ4n) is 3.42. The smallest absolute Gasteiger partial charge is 0.286 e. The molecule has 0 rings (SSSR count). The zero-order valence-electron chi connectivity index (χ0n) is 18.8. The Balaban J connectivity index is 5.12. The van der Waals surface area contributed by atoms with Crippen molar-refractivity contribution in [3.63, 3.8) is 0 Å². The van der Waals surface area contributed by atoms with Gasteiger partial charge in [0.05, 0.1) is 19.8 Å². The summed E-state index contributed by atoms with van der Waals surface area (Å²) < 4.78 is 19.0. The van der Waals surface area contributed by atoms with Gasteiger partial charge in [0.1, 0.15) is 0 Å². The molecule has 0 heterocycles. The molecule has 2 unspecified atom stereocenters. The quantitative estimate of drug-likeness (QED) is 0.175. The molecule has 3 nitrogen and oxygen atoms in total. The summed E-state index contributed by atoms with van der Waals surface area (Å²) in [5.41, 5.74) is 0. The van der Waals surface area contributed by atoms with E-state index in [4.69, 9.17) is 14.2 Å². The monoisotopic (exact) mass is 372 g/mol. The van der Waals surface area contributed by atoms with Crippen LogP contribution in [0.1, 0.15) is 112 Å². The molecule has 0 radical (unpaired) electrons. The molecule has 2 atom stereocenters. The van der Waals surface area contributed by atoms with Gasteiger partial charge in [-0.3, -0.25) is 0 Å². The van der Waals surface area contributed by atoms with E-state index >= 15 is 0 Å². The standard InChI is InChI=1S/C23H48O3/c1-7-12-13-14-15-16-17-22(21(6)11-5)23(24-18-8-2,25-19-9-3)26-20-10-4/h21-22H,7-20H2,1-6H3. The van der Waals surface area contributed by atoms with E-state index in [0.717, 1.165) is 32.1 Å². The van der Waals surface area contributed by atoms with Crippen molar-refractivity contribution in [3.8, 4) is 0 Å². The van der Waals surface area contributed by atoms with Crippen LogP contribution < -0.4 is 0 Å². The van der Waals surface area contributed by atoms with Gasteiger partial charge >= 0.3 is 0 Å². The highest BCUT2D eigenvalue weighted by atomic mass is 16.9. The Morgan fingerprint density at radius 3 is 1.50 bits per heavy atom. The van der Waals surface area contributed by atoms with Crippen LogP contribution >= 0.6 is 0 Å². The Bertz CT molecular complexity index is 271. The summed E-state index contributed by atoms with van der Waals surface area (Å²) in [5, 5.41) is 0. The highest BCUT2D eigenvalue weighted by molar-refractivity contribution is 4.77. The van der Waals surface area contributed by atoms with E-state index in [0.29, 0.717) is 31.7 Å². The maximum absolute atomic E-state index is 6.32. The Morgan fingerprint density at radius 2 is 1.08 bits per heavy atom. The summed E-state index contributed by atoms with van der Waals surface area (Å²) in [6, 6.07) is 0. The summed E-state index contributed by atoms with van der Waals surface area (Å²) in [6.07, 6.45) is 13.1. The molecule has 0 aromatic heterocycles. The molecule has 0 aliphatic carbocycles. The highest BCUT2D eigenvalue weighted by Gasteiger charge is 2.44. The van der Waals surface area contributed by atoms with Crippen molar-refractivity contribution in [2.45, 2.75) is 118 Å². The van der Waals surface area contributed by atoms with E-state index in [-0.39, 0.29) is 0 Å². The fraction of sp³-hybridized carbons (Fsp3) is 1.00. The molecule has 0 spiro atoms. The molecule has 158 valence electrons. The predicted octanol–water partition coefficient (Wildman–Crippen LogP) is 7.33. The second kappa shape index (κ2) is 17.0. The van der Waals surface area contributed by atoms with Gasteiger partial charge in [-0.05, 0) is 31.6 Å². The molecular formula is C23H48O3. The van der Waals surface area contributed by atoms with E-state index < -0.39 is 5.97 Å². The first-order chi connectivity index (χ1) is 12.6. The summed E-state index contributed by atoms with van der Waals surface area (Å²) in [7, 11) is 0. The van der Waals surface area contributed by atoms with Gasteiger partial charge in [0.25, 0.3) is 5.97 Å². The Morgan fingerprint density at radius 1 is 0.615 bits per heavy atom. The summed E-state index contributed by atoms with van der Waals surface area (Å²) in [4.78, 5) is 0. The predicted molar refractivity (Wildman–Crippen MR) is 112 cm³/mol. The van der Waals surface area contributed by atoms with Crippen LogP contribution in [0.5, 0.6) is 0 Å². The lowest BCUT2D eigenvalue weighted by Gasteiger charge is -2.42. The van der Waals surface area contributed by atoms with Crippen LogP contribution in [0.25, 0.3) is 0 Å². The fourth-order valence-corrected chi connectivity index (χ4v) is 3.42. The SMILES string of the molecule is CCCCCCCCC(C(C)CC)C(OCCC)(OCCC)OCCC. The van der Waals surface area contributed by atoms with E-state index in [1.54, 1.807) is 0 Å². The summed E-state index contributed by atoms with van der Waals surface area (Å²) in [5.74, 6) is -0.0412. The molecule has 0 fully saturated rings. The molecule has 0 bridgehead atoms. The average Bonchev–Trinajstić information content (AvgIpc) is 2.67. The zero-order chi connectivity index (χ0) is 19.7. The van der Waals surface area contributed by atoms with E-state index in [1.165, 1.54) is 38.5 Å². The number of rotatable bonds is 19.